The number of rotatable bonds is 2. The van der Waals surface area contributed by atoms with Crippen LogP contribution in [0.5, 0.6) is 0 Å². The second-order valence-corrected chi connectivity index (χ2v) is 5.06. The molecule has 0 spiro atoms. The Hall–Kier alpha value is 0.170. The lowest BCUT2D eigenvalue weighted by Gasteiger charge is -2.32. The minimum absolute atomic E-state index is 0.0589. The third-order valence-corrected chi connectivity index (χ3v) is 3.92. The summed E-state index contributed by atoms with van der Waals surface area (Å²) >= 11 is 5.87. The lowest BCUT2D eigenvalue weighted by atomic mass is 9.97. The van der Waals surface area contributed by atoms with Gasteiger partial charge in [0.25, 0.3) is 0 Å². The van der Waals surface area contributed by atoms with E-state index in [9.17, 15) is 4.79 Å². The molecular weight excluding hydrogens is 192 g/mol. The maximum atomic E-state index is 11.0. The first-order chi connectivity index (χ1) is 5.65. The normalized spacial score (nSPS) is 36.2. The van der Waals surface area contributed by atoms with Crippen LogP contribution in [0.3, 0.4) is 0 Å². The zero-order valence-corrected chi connectivity index (χ0v) is 9.03. The molecule has 0 aromatic heterocycles. The monoisotopic (exact) mass is 206 g/mol. The molecule has 70 valence electrons. The van der Waals surface area contributed by atoms with Crippen LogP contribution in [-0.4, -0.2) is 22.4 Å². The molecule has 1 heterocycles. The van der Waals surface area contributed by atoms with Gasteiger partial charge in [0, 0.05) is 16.3 Å². The molecule has 1 saturated heterocycles. The highest BCUT2D eigenvalue weighted by Gasteiger charge is 2.32. The molecule has 0 N–H and O–H groups in total. The highest BCUT2D eigenvalue weighted by Crippen LogP contribution is 2.31. The first-order valence-corrected chi connectivity index (χ1v) is 5.75. The van der Waals surface area contributed by atoms with Crippen molar-refractivity contribution in [3.8, 4) is 0 Å². The van der Waals surface area contributed by atoms with Crippen molar-refractivity contribution in [2.24, 2.45) is 5.92 Å². The van der Waals surface area contributed by atoms with Gasteiger partial charge >= 0.3 is 5.97 Å². The van der Waals surface area contributed by atoms with E-state index in [1.54, 1.807) is 11.8 Å². The Kier molecular flexibility index (Phi) is 3.77. The molecule has 1 aliphatic rings. The van der Waals surface area contributed by atoms with E-state index < -0.39 is 0 Å². The molecule has 0 aromatic rings. The number of hydrogen-bond acceptors (Lipinski definition) is 4. The summed E-state index contributed by atoms with van der Waals surface area (Å²) in [7, 11) is 0. The third kappa shape index (κ3) is 2.33. The van der Waals surface area contributed by atoms with Gasteiger partial charge in [-0.25, -0.2) is 0 Å². The van der Waals surface area contributed by atoms with Gasteiger partial charge in [-0.2, -0.15) is 12.6 Å². The molecule has 0 amide bonds. The van der Waals surface area contributed by atoms with Crippen LogP contribution in [0.4, 0.5) is 0 Å². The van der Waals surface area contributed by atoms with Crippen molar-refractivity contribution in [1.82, 2.24) is 0 Å². The Bertz CT molecular complexity index is 172. The van der Waals surface area contributed by atoms with E-state index in [1.807, 2.05) is 6.92 Å². The number of thiol groups is 1. The number of carbonyl (C=O) groups excluding carboxylic acids is 1. The predicted molar refractivity (Wildman–Crippen MR) is 54.6 cm³/mol. The fraction of sp³-hybridized carbons (Fsp3) is 0.875. The molecule has 1 rings (SSSR count). The molecule has 1 fully saturated rings. The molecule has 12 heavy (non-hydrogen) atoms. The summed E-state index contributed by atoms with van der Waals surface area (Å²) in [6.45, 7) is 4.08. The van der Waals surface area contributed by atoms with Gasteiger partial charge in [-0.05, 0) is 6.92 Å². The molecule has 0 aromatic carbocycles. The van der Waals surface area contributed by atoms with Gasteiger partial charge in [-0.15, -0.1) is 11.8 Å². The van der Waals surface area contributed by atoms with Crippen LogP contribution in [0.25, 0.3) is 0 Å². The van der Waals surface area contributed by atoms with Crippen LogP contribution in [0, 0.1) is 5.92 Å². The Morgan fingerprint density at radius 1 is 1.67 bits per heavy atom. The average Bonchev–Trinajstić information content (AvgIpc) is 2.00. The summed E-state index contributed by atoms with van der Waals surface area (Å²) in [5, 5.41) is 1.16. The van der Waals surface area contributed by atoms with E-state index in [-0.39, 0.29) is 12.1 Å². The fourth-order valence-corrected chi connectivity index (χ4v) is 2.87. The van der Waals surface area contributed by atoms with Gasteiger partial charge in [0.05, 0.1) is 6.42 Å². The SMILES string of the molecule is CC1OC(=O)CC(SCS)C1C. The van der Waals surface area contributed by atoms with E-state index in [0.717, 1.165) is 5.08 Å². The molecular formula is C8H14O2S2. The van der Waals surface area contributed by atoms with Crippen molar-refractivity contribution in [3.63, 3.8) is 0 Å². The number of cyclic esters (lactones) is 1. The minimum Gasteiger partial charge on any atom is -0.462 e. The topological polar surface area (TPSA) is 26.3 Å². The molecule has 3 unspecified atom stereocenters. The van der Waals surface area contributed by atoms with Gasteiger partial charge in [-0.1, -0.05) is 6.92 Å². The first kappa shape index (κ1) is 10.3. The molecule has 0 radical (unpaired) electrons. The third-order valence-electron chi connectivity index (χ3n) is 2.30. The van der Waals surface area contributed by atoms with Crippen LogP contribution in [0.2, 0.25) is 0 Å². The van der Waals surface area contributed by atoms with Crippen LogP contribution in [-0.2, 0) is 9.53 Å². The van der Waals surface area contributed by atoms with Crippen LogP contribution >= 0.6 is 24.4 Å². The fourth-order valence-electron chi connectivity index (χ4n) is 1.32. The highest BCUT2D eigenvalue weighted by molar-refractivity contribution is 8.09. The maximum Gasteiger partial charge on any atom is 0.307 e. The van der Waals surface area contributed by atoms with Crippen molar-refractivity contribution >= 4 is 30.4 Å². The summed E-state index contributed by atoms with van der Waals surface area (Å²) in [5.41, 5.74) is 0. The second-order valence-electron chi connectivity index (χ2n) is 3.09. The molecule has 3 atom stereocenters. The van der Waals surface area contributed by atoms with Gasteiger partial charge < -0.3 is 4.74 Å². The summed E-state index contributed by atoms with van der Waals surface area (Å²) in [6.07, 6.45) is 0.597. The Morgan fingerprint density at radius 3 is 2.92 bits per heavy atom. The van der Waals surface area contributed by atoms with Gasteiger partial charge in [0.2, 0.25) is 0 Å². The van der Waals surface area contributed by atoms with E-state index in [2.05, 4.69) is 19.6 Å². The van der Waals surface area contributed by atoms with Crippen molar-refractivity contribution in [2.75, 3.05) is 5.08 Å². The number of carbonyl (C=O) groups is 1. The number of hydrogen-bond donors (Lipinski definition) is 1. The molecule has 0 aliphatic carbocycles. The Labute approximate surface area is 82.8 Å². The number of ether oxygens (including phenoxy) is 1. The largest absolute Gasteiger partial charge is 0.462 e. The smallest absolute Gasteiger partial charge is 0.307 e. The zero-order chi connectivity index (χ0) is 9.14. The van der Waals surface area contributed by atoms with Crippen molar-refractivity contribution in [3.05, 3.63) is 0 Å². The Morgan fingerprint density at radius 2 is 2.33 bits per heavy atom. The minimum atomic E-state index is -0.0696. The van der Waals surface area contributed by atoms with E-state index in [0.29, 0.717) is 17.6 Å². The van der Waals surface area contributed by atoms with Crippen molar-refractivity contribution in [1.29, 1.82) is 0 Å². The van der Waals surface area contributed by atoms with Crippen molar-refractivity contribution < 1.29 is 9.53 Å². The van der Waals surface area contributed by atoms with Gasteiger partial charge in [-0.3, -0.25) is 4.79 Å². The van der Waals surface area contributed by atoms with Crippen molar-refractivity contribution in [2.45, 2.75) is 31.6 Å². The molecule has 0 saturated carbocycles. The van der Waals surface area contributed by atoms with Crippen LogP contribution in [0.1, 0.15) is 20.3 Å². The standard InChI is InChI=1S/C8H14O2S2/c1-5-6(2)10-8(9)3-7(5)12-4-11/h5-7,11H,3-4H2,1-2H3. The van der Waals surface area contributed by atoms with E-state index in [1.165, 1.54) is 0 Å². The predicted octanol–water partition coefficient (Wildman–Crippen LogP) is 1.95. The highest BCUT2D eigenvalue weighted by atomic mass is 32.2. The molecule has 2 nitrogen and oxygen atoms in total. The van der Waals surface area contributed by atoms with Crippen LogP contribution < -0.4 is 0 Å². The van der Waals surface area contributed by atoms with Gasteiger partial charge in [0.15, 0.2) is 0 Å². The van der Waals surface area contributed by atoms with E-state index in [4.69, 9.17) is 4.74 Å². The number of esters is 1. The first-order valence-electron chi connectivity index (χ1n) is 4.07. The average molecular weight is 206 g/mol. The molecule has 1 aliphatic heterocycles. The summed E-state index contributed by atoms with van der Waals surface area (Å²) in [6, 6.07) is 0. The zero-order valence-electron chi connectivity index (χ0n) is 7.32. The quantitative estimate of drug-likeness (QED) is 0.425. The molecule has 0 bridgehead atoms. The molecule has 4 heteroatoms. The second kappa shape index (κ2) is 4.42. The van der Waals surface area contributed by atoms with E-state index >= 15 is 0 Å². The van der Waals surface area contributed by atoms with Crippen LogP contribution in [0.15, 0.2) is 0 Å². The lowest BCUT2D eigenvalue weighted by molar-refractivity contribution is -0.155. The summed E-state index contributed by atoms with van der Waals surface area (Å²) in [4.78, 5) is 11.0. The summed E-state index contributed by atoms with van der Waals surface area (Å²) < 4.78 is 5.10. The maximum absolute atomic E-state index is 11.0. The summed E-state index contributed by atoms with van der Waals surface area (Å²) in [5.74, 6) is 0.375. The number of thioether (sulfide) groups is 1. The van der Waals surface area contributed by atoms with Gasteiger partial charge in [0.1, 0.15) is 6.10 Å². The lowest BCUT2D eigenvalue weighted by Crippen LogP contribution is -2.37. The Balaban J connectivity index is 2.53.